The molecule has 192 valence electrons. The van der Waals surface area contributed by atoms with E-state index in [4.69, 9.17) is 22.9 Å². The Hall–Kier alpha value is -3.42. The molecule has 0 spiro atoms. The summed E-state index contributed by atoms with van der Waals surface area (Å²) in [7, 11) is 0. The van der Waals surface area contributed by atoms with E-state index in [-0.39, 0.29) is 31.4 Å². The highest BCUT2D eigenvalue weighted by atomic mass is 16.4. The lowest BCUT2D eigenvalue weighted by Crippen LogP contribution is -2.58. The van der Waals surface area contributed by atoms with Gasteiger partial charge in [-0.25, -0.2) is 4.79 Å². The lowest BCUT2D eigenvalue weighted by Gasteiger charge is -2.29. The van der Waals surface area contributed by atoms with Crippen molar-refractivity contribution in [2.45, 2.75) is 70.1 Å². The van der Waals surface area contributed by atoms with Crippen LogP contribution in [0.25, 0.3) is 0 Å². The van der Waals surface area contributed by atoms with Crippen LogP contribution in [-0.2, 0) is 24.0 Å². The molecule has 14 nitrogen and oxygen atoms in total. The average molecular weight is 485 g/mol. The van der Waals surface area contributed by atoms with E-state index < -0.39 is 60.2 Å². The molecule has 1 aliphatic heterocycles. The number of nitrogens with two attached hydrogens (primary N) is 4. The van der Waals surface area contributed by atoms with Crippen molar-refractivity contribution in [2.24, 2.45) is 33.8 Å². The molecular weight excluding hydrogens is 448 g/mol. The Labute approximate surface area is 197 Å². The Bertz CT molecular complexity index is 798. The summed E-state index contributed by atoms with van der Waals surface area (Å²) < 4.78 is 0. The van der Waals surface area contributed by atoms with E-state index in [1.54, 1.807) is 13.8 Å². The first kappa shape index (κ1) is 28.6. The summed E-state index contributed by atoms with van der Waals surface area (Å²) in [4.78, 5) is 66.2. The number of likely N-dealkylation sites (tertiary alicyclic amines) is 1. The van der Waals surface area contributed by atoms with Crippen molar-refractivity contribution in [3.63, 3.8) is 0 Å². The Balaban J connectivity index is 3.00. The van der Waals surface area contributed by atoms with Gasteiger partial charge in [-0.15, -0.1) is 0 Å². The summed E-state index contributed by atoms with van der Waals surface area (Å²) in [5.74, 6) is -4.32. The van der Waals surface area contributed by atoms with Crippen LogP contribution in [0, 0.1) is 5.92 Å². The number of nitrogens with zero attached hydrogens (tertiary/aromatic N) is 2. The Morgan fingerprint density at radius 1 is 1.09 bits per heavy atom. The minimum absolute atomic E-state index is 0.118. The van der Waals surface area contributed by atoms with E-state index in [2.05, 4.69) is 15.6 Å². The van der Waals surface area contributed by atoms with Crippen molar-refractivity contribution in [3.8, 4) is 0 Å². The van der Waals surface area contributed by atoms with Gasteiger partial charge in [0, 0.05) is 13.1 Å². The third-order valence-corrected chi connectivity index (χ3v) is 5.39. The number of carboxylic acids is 1. The average Bonchev–Trinajstić information content (AvgIpc) is 3.22. The van der Waals surface area contributed by atoms with Crippen LogP contribution in [0.4, 0.5) is 0 Å². The molecule has 0 saturated carbocycles. The molecule has 4 atom stereocenters. The predicted octanol–water partition coefficient (Wildman–Crippen LogP) is -3.06. The fourth-order valence-electron chi connectivity index (χ4n) is 3.61. The normalized spacial score (nSPS) is 18.0. The number of carbonyl (C=O) groups is 5. The van der Waals surface area contributed by atoms with E-state index in [0.29, 0.717) is 19.3 Å². The monoisotopic (exact) mass is 484 g/mol. The van der Waals surface area contributed by atoms with Crippen LogP contribution in [0.2, 0.25) is 0 Å². The summed E-state index contributed by atoms with van der Waals surface area (Å²) in [6.07, 6.45) is 0.931. The number of amides is 4. The Morgan fingerprint density at radius 3 is 2.26 bits per heavy atom. The predicted molar refractivity (Wildman–Crippen MR) is 123 cm³/mol. The largest absolute Gasteiger partial charge is 0.480 e. The number of aliphatic imine (C=N–C) groups is 1. The maximum atomic E-state index is 13.2. The lowest BCUT2D eigenvalue weighted by atomic mass is 10.0. The summed E-state index contributed by atoms with van der Waals surface area (Å²) in [6.45, 7) is 3.82. The molecule has 0 aromatic carbocycles. The molecule has 11 N–H and O–H groups in total. The van der Waals surface area contributed by atoms with Crippen molar-refractivity contribution in [2.75, 3.05) is 13.1 Å². The third-order valence-electron chi connectivity index (χ3n) is 5.39. The highest BCUT2D eigenvalue weighted by Crippen LogP contribution is 2.20. The molecule has 1 saturated heterocycles. The second kappa shape index (κ2) is 13.3. The number of carbonyl (C=O) groups excluding carboxylic acids is 4. The van der Waals surface area contributed by atoms with Gasteiger partial charge in [0.1, 0.15) is 18.1 Å². The van der Waals surface area contributed by atoms with Gasteiger partial charge < -0.3 is 43.6 Å². The van der Waals surface area contributed by atoms with Gasteiger partial charge in [-0.3, -0.25) is 24.2 Å². The maximum Gasteiger partial charge on any atom is 0.326 e. The molecule has 0 aliphatic carbocycles. The number of hydrogen-bond acceptors (Lipinski definition) is 7. The van der Waals surface area contributed by atoms with Crippen LogP contribution >= 0.6 is 0 Å². The zero-order chi connectivity index (χ0) is 26.0. The quantitative estimate of drug-likeness (QED) is 0.0795. The van der Waals surface area contributed by atoms with Gasteiger partial charge in [0.05, 0.1) is 12.5 Å². The van der Waals surface area contributed by atoms with E-state index in [1.807, 2.05) is 0 Å². The van der Waals surface area contributed by atoms with E-state index in [9.17, 15) is 29.1 Å². The van der Waals surface area contributed by atoms with E-state index >= 15 is 0 Å². The number of nitrogens with one attached hydrogen (secondary N) is 2. The SMILES string of the molecule is CC(C)C(NC(=O)C(N)CC(N)=O)C(=O)NC(CCCN=C(N)N)C(=O)N1CCCC1C(=O)O. The van der Waals surface area contributed by atoms with Gasteiger partial charge in [-0.2, -0.15) is 0 Å². The molecule has 1 fully saturated rings. The molecule has 0 bridgehead atoms. The highest BCUT2D eigenvalue weighted by Gasteiger charge is 2.38. The first-order valence-electron chi connectivity index (χ1n) is 11.1. The maximum absolute atomic E-state index is 13.2. The van der Waals surface area contributed by atoms with Gasteiger partial charge in [0.25, 0.3) is 0 Å². The summed E-state index contributed by atoms with van der Waals surface area (Å²) >= 11 is 0. The minimum Gasteiger partial charge on any atom is -0.480 e. The first-order chi connectivity index (χ1) is 15.8. The van der Waals surface area contributed by atoms with Gasteiger partial charge in [0.15, 0.2) is 5.96 Å². The van der Waals surface area contributed by atoms with Gasteiger partial charge in [-0.1, -0.05) is 13.8 Å². The molecule has 0 radical (unpaired) electrons. The van der Waals surface area contributed by atoms with Crippen LogP contribution in [-0.4, -0.2) is 82.8 Å². The van der Waals surface area contributed by atoms with Crippen molar-refractivity contribution < 1.29 is 29.1 Å². The second-order valence-corrected chi connectivity index (χ2v) is 8.55. The molecule has 1 rings (SSSR count). The van der Waals surface area contributed by atoms with Crippen LogP contribution in [0.15, 0.2) is 4.99 Å². The molecule has 4 amide bonds. The van der Waals surface area contributed by atoms with Crippen molar-refractivity contribution in [1.82, 2.24) is 15.5 Å². The molecule has 0 aromatic rings. The first-order valence-corrected chi connectivity index (χ1v) is 11.1. The van der Waals surface area contributed by atoms with E-state index in [0.717, 1.165) is 0 Å². The standard InChI is InChI=1S/C20H36N8O6/c1-10(2)15(27-16(30)11(21)9-14(22)29)17(31)26-12(5-3-7-25-20(23)24)18(32)28-8-4-6-13(28)19(33)34/h10-13,15H,3-9,21H2,1-2H3,(H2,22,29)(H,26,31)(H,27,30)(H,33,34)(H4,23,24,25). The second-order valence-electron chi connectivity index (χ2n) is 8.55. The van der Waals surface area contributed by atoms with Crippen LogP contribution in [0.3, 0.4) is 0 Å². The fourth-order valence-corrected chi connectivity index (χ4v) is 3.61. The number of rotatable bonds is 13. The Morgan fingerprint density at radius 2 is 1.74 bits per heavy atom. The van der Waals surface area contributed by atoms with Crippen molar-refractivity contribution in [3.05, 3.63) is 0 Å². The molecule has 1 heterocycles. The molecule has 4 unspecified atom stereocenters. The lowest BCUT2D eigenvalue weighted by molar-refractivity contribution is -0.149. The fraction of sp³-hybridized carbons (Fsp3) is 0.700. The number of aliphatic carboxylic acids is 1. The molecule has 0 aromatic heterocycles. The zero-order valence-electron chi connectivity index (χ0n) is 19.5. The van der Waals surface area contributed by atoms with Crippen molar-refractivity contribution in [1.29, 1.82) is 0 Å². The minimum atomic E-state index is -1.23. The third kappa shape index (κ3) is 8.84. The van der Waals surface area contributed by atoms with Crippen LogP contribution in [0.1, 0.15) is 46.0 Å². The van der Waals surface area contributed by atoms with Crippen molar-refractivity contribution >= 4 is 35.6 Å². The smallest absolute Gasteiger partial charge is 0.326 e. The molecule has 1 aliphatic rings. The number of guanidine groups is 1. The molecule has 14 heteroatoms. The molecule has 34 heavy (non-hydrogen) atoms. The number of primary amides is 1. The molecular formula is C20H36N8O6. The van der Waals surface area contributed by atoms with Crippen LogP contribution in [0.5, 0.6) is 0 Å². The number of carboxylic acid groups (broad SMARTS) is 1. The van der Waals surface area contributed by atoms with Crippen LogP contribution < -0.4 is 33.6 Å². The van der Waals surface area contributed by atoms with Gasteiger partial charge in [-0.05, 0) is 31.6 Å². The van der Waals surface area contributed by atoms with Gasteiger partial charge >= 0.3 is 5.97 Å². The number of hydrogen-bond donors (Lipinski definition) is 7. The summed E-state index contributed by atoms with van der Waals surface area (Å²) in [6, 6.07) is -4.33. The zero-order valence-corrected chi connectivity index (χ0v) is 19.5. The summed E-state index contributed by atoms with van der Waals surface area (Å²) in [5, 5.41) is 14.5. The Kier molecular flexibility index (Phi) is 11.2. The summed E-state index contributed by atoms with van der Waals surface area (Å²) in [5.41, 5.74) is 21.3. The topological polar surface area (TPSA) is 249 Å². The van der Waals surface area contributed by atoms with E-state index in [1.165, 1.54) is 4.90 Å². The highest BCUT2D eigenvalue weighted by molar-refractivity contribution is 5.95. The van der Waals surface area contributed by atoms with Gasteiger partial charge in [0.2, 0.25) is 23.6 Å².